The minimum Gasteiger partial charge on any atom is -0.351 e. The van der Waals surface area contributed by atoms with E-state index in [0.717, 1.165) is 30.3 Å². The van der Waals surface area contributed by atoms with Gasteiger partial charge in [-0.1, -0.05) is 22.4 Å². The highest BCUT2D eigenvalue weighted by Crippen LogP contribution is 2.15. The summed E-state index contributed by atoms with van der Waals surface area (Å²) in [7, 11) is 0. The van der Waals surface area contributed by atoms with Crippen LogP contribution in [-0.2, 0) is 11.3 Å². The monoisotopic (exact) mass is 314 g/mol. The Morgan fingerprint density at radius 2 is 2.33 bits per heavy atom. The Kier molecular flexibility index (Phi) is 4.72. The Labute approximate surface area is 114 Å². The van der Waals surface area contributed by atoms with Crippen LogP contribution in [0.15, 0.2) is 22.7 Å². The SMILES string of the molecule is O=C(NCc1cc(Br)ccc1F)C1CCCCN1. The van der Waals surface area contributed by atoms with Crippen LogP contribution in [0.5, 0.6) is 0 Å². The summed E-state index contributed by atoms with van der Waals surface area (Å²) in [6, 6.07) is 4.59. The van der Waals surface area contributed by atoms with Crippen molar-refractivity contribution in [2.24, 2.45) is 0 Å². The maximum Gasteiger partial charge on any atom is 0.237 e. The zero-order chi connectivity index (χ0) is 13.0. The van der Waals surface area contributed by atoms with Gasteiger partial charge < -0.3 is 10.6 Å². The Morgan fingerprint density at radius 3 is 3.06 bits per heavy atom. The number of halogens is 2. The van der Waals surface area contributed by atoms with Crippen molar-refractivity contribution in [2.75, 3.05) is 6.54 Å². The van der Waals surface area contributed by atoms with Gasteiger partial charge in [-0.3, -0.25) is 4.79 Å². The van der Waals surface area contributed by atoms with Crippen molar-refractivity contribution in [3.05, 3.63) is 34.1 Å². The van der Waals surface area contributed by atoms with E-state index in [4.69, 9.17) is 0 Å². The molecule has 0 aromatic heterocycles. The molecule has 2 rings (SSSR count). The van der Waals surface area contributed by atoms with Gasteiger partial charge in [-0.05, 0) is 37.6 Å². The van der Waals surface area contributed by atoms with E-state index >= 15 is 0 Å². The molecule has 18 heavy (non-hydrogen) atoms. The molecule has 1 atom stereocenters. The third-order valence-electron chi connectivity index (χ3n) is 3.09. The molecule has 1 aliphatic heterocycles. The van der Waals surface area contributed by atoms with Crippen LogP contribution in [0, 0.1) is 5.82 Å². The lowest BCUT2D eigenvalue weighted by molar-refractivity contribution is -0.123. The van der Waals surface area contributed by atoms with Crippen LogP contribution in [0.4, 0.5) is 4.39 Å². The molecule has 1 fully saturated rings. The standard InChI is InChI=1S/C13H16BrFN2O/c14-10-4-5-11(15)9(7-10)8-17-13(18)12-3-1-2-6-16-12/h4-5,7,12,16H,1-3,6,8H2,(H,17,18). The first-order chi connectivity index (χ1) is 8.66. The fourth-order valence-electron chi connectivity index (χ4n) is 2.06. The number of nitrogens with one attached hydrogen (secondary N) is 2. The molecule has 1 aromatic carbocycles. The zero-order valence-electron chi connectivity index (χ0n) is 10.0. The molecule has 1 unspecified atom stereocenters. The number of rotatable bonds is 3. The second-order valence-electron chi connectivity index (χ2n) is 4.46. The van der Waals surface area contributed by atoms with E-state index in [-0.39, 0.29) is 24.3 Å². The van der Waals surface area contributed by atoms with Crippen molar-refractivity contribution >= 4 is 21.8 Å². The molecule has 98 valence electrons. The Bertz CT molecular complexity index is 433. The number of benzene rings is 1. The van der Waals surface area contributed by atoms with E-state index in [2.05, 4.69) is 26.6 Å². The van der Waals surface area contributed by atoms with E-state index < -0.39 is 0 Å². The lowest BCUT2D eigenvalue weighted by Crippen LogP contribution is -2.46. The number of hydrogen-bond donors (Lipinski definition) is 2. The minimum absolute atomic E-state index is 0.0472. The highest BCUT2D eigenvalue weighted by Gasteiger charge is 2.20. The molecule has 3 nitrogen and oxygen atoms in total. The van der Waals surface area contributed by atoms with Gasteiger partial charge in [-0.15, -0.1) is 0 Å². The number of hydrogen-bond acceptors (Lipinski definition) is 2. The number of amides is 1. The zero-order valence-corrected chi connectivity index (χ0v) is 11.6. The van der Waals surface area contributed by atoms with Gasteiger partial charge in [0.05, 0.1) is 6.04 Å². The maximum absolute atomic E-state index is 13.5. The van der Waals surface area contributed by atoms with E-state index in [9.17, 15) is 9.18 Å². The summed E-state index contributed by atoms with van der Waals surface area (Å²) in [5.41, 5.74) is 0.494. The Morgan fingerprint density at radius 1 is 1.50 bits per heavy atom. The molecule has 1 heterocycles. The largest absolute Gasteiger partial charge is 0.351 e. The summed E-state index contributed by atoms with van der Waals surface area (Å²) in [4.78, 5) is 11.9. The average Bonchev–Trinajstić information content (AvgIpc) is 2.40. The van der Waals surface area contributed by atoms with Gasteiger partial charge in [0.25, 0.3) is 0 Å². The van der Waals surface area contributed by atoms with Crippen molar-refractivity contribution in [3.8, 4) is 0 Å². The van der Waals surface area contributed by atoms with Crippen molar-refractivity contribution in [2.45, 2.75) is 31.8 Å². The van der Waals surface area contributed by atoms with Crippen LogP contribution in [0.3, 0.4) is 0 Å². The van der Waals surface area contributed by atoms with E-state index in [1.807, 2.05) is 0 Å². The van der Waals surface area contributed by atoms with Crippen molar-refractivity contribution in [3.63, 3.8) is 0 Å². The van der Waals surface area contributed by atoms with Crippen molar-refractivity contribution in [1.82, 2.24) is 10.6 Å². The summed E-state index contributed by atoms with van der Waals surface area (Å²) in [5.74, 6) is -0.343. The van der Waals surface area contributed by atoms with Gasteiger partial charge in [0.15, 0.2) is 0 Å². The molecule has 0 aliphatic carbocycles. The van der Waals surface area contributed by atoms with Crippen molar-refractivity contribution < 1.29 is 9.18 Å². The Hall–Kier alpha value is -0.940. The molecule has 0 spiro atoms. The van der Waals surface area contributed by atoms with E-state index in [0.29, 0.717) is 5.56 Å². The summed E-state index contributed by atoms with van der Waals surface area (Å²) in [6.45, 7) is 1.10. The Balaban J connectivity index is 1.90. The summed E-state index contributed by atoms with van der Waals surface area (Å²) < 4.78 is 14.3. The van der Waals surface area contributed by atoms with Gasteiger partial charge in [0, 0.05) is 16.6 Å². The van der Waals surface area contributed by atoms with Gasteiger partial charge >= 0.3 is 0 Å². The first kappa shape index (κ1) is 13.5. The second kappa shape index (κ2) is 6.29. The molecular weight excluding hydrogens is 299 g/mol. The highest BCUT2D eigenvalue weighted by atomic mass is 79.9. The third kappa shape index (κ3) is 3.53. The molecule has 5 heteroatoms. The lowest BCUT2D eigenvalue weighted by Gasteiger charge is -2.22. The summed E-state index contributed by atoms with van der Waals surface area (Å²) in [6.07, 6.45) is 3.03. The van der Waals surface area contributed by atoms with Gasteiger partial charge in [0.1, 0.15) is 5.82 Å². The van der Waals surface area contributed by atoms with Crippen LogP contribution < -0.4 is 10.6 Å². The predicted molar refractivity (Wildman–Crippen MR) is 71.6 cm³/mol. The number of carbonyl (C=O) groups excluding carboxylic acids is 1. The normalized spacial score (nSPS) is 19.6. The van der Waals surface area contributed by atoms with Gasteiger partial charge in [-0.25, -0.2) is 4.39 Å². The van der Waals surface area contributed by atoms with Crippen LogP contribution in [0.25, 0.3) is 0 Å². The smallest absolute Gasteiger partial charge is 0.237 e. The topological polar surface area (TPSA) is 41.1 Å². The van der Waals surface area contributed by atoms with Crippen LogP contribution in [-0.4, -0.2) is 18.5 Å². The molecule has 2 N–H and O–H groups in total. The van der Waals surface area contributed by atoms with Crippen LogP contribution in [0.2, 0.25) is 0 Å². The van der Waals surface area contributed by atoms with Crippen molar-refractivity contribution in [1.29, 1.82) is 0 Å². The molecule has 0 saturated carbocycles. The first-order valence-electron chi connectivity index (χ1n) is 6.12. The fraction of sp³-hybridized carbons (Fsp3) is 0.462. The fourth-order valence-corrected chi connectivity index (χ4v) is 2.47. The number of carbonyl (C=O) groups is 1. The maximum atomic E-state index is 13.5. The molecule has 1 aromatic rings. The second-order valence-corrected chi connectivity index (χ2v) is 5.37. The van der Waals surface area contributed by atoms with Crippen LogP contribution in [0.1, 0.15) is 24.8 Å². The van der Waals surface area contributed by atoms with E-state index in [1.54, 1.807) is 12.1 Å². The predicted octanol–water partition coefficient (Wildman–Crippen LogP) is 2.35. The third-order valence-corrected chi connectivity index (χ3v) is 3.58. The summed E-state index contributed by atoms with van der Waals surface area (Å²) in [5, 5.41) is 5.94. The first-order valence-corrected chi connectivity index (χ1v) is 6.91. The number of piperidine rings is 1. The van der Waals surface area contributed by atoms with Crippen LogP contribution >= 0.6 is 15.9 Å². The quantitative estimate of drug-likeness (QED) is 0.899. The average molecular weight is 315 g/mol. The molecular formula is C13H16BrFN2O. The lowest BCUT2D eigenvalue weighted by atomic mass is 10.0. The molecule has 1 aliphatic rings. The minimum atomic E-state index is -0.296. The molecule has 1 saturated heterocycles. The molecule has 0 radical (unpaired) electrons. The molecule has 0 bridgehead atoms. The molecule has 1 amide bonds. The summed E-state index contributed by atoms with van der Waals surface area (Å²) >= 11 is 3.29. The highest BCUT2D eigenvalue weighted by molar-refractivity contribution is 9.10. The van der Waals surface area contributed by atoms with Gasteiger partial charge in [-0.2, -0.15) is 0 Å². The van der Waals surface area contributed by atoms with E-state index in [1.165, 1.54) is 6.07 Å². The van der Waals surface area contributed by atoms with Gasteiger partial charge in [0.2, 0.25) is 5.91 Å².